The highest BCUT2D eigenvalue weighted by Crippen LogP contribution is 2.22. The molecule has 66 heavy (non-hydrogen) atoms. The van der Waals surface area contributed by atoms with E-state index in [-0.39, 0.29) is 43.8 Å². The van der Waals surface area contributed by atoms with Gasteiger partial charge in [0.05, 0.1) is 32.5 Å². The fourth-order valence-electron chi connectivity index (χ4n) is 6.50. The Morgan fingerprint density at radius 2 is 0.924 bits per heavy atom. The Kier molecular flexibility index (Phi) is 19.5. The van der Waals surface area contributed by atoms with Crippen LogP contribution in [0.15, 0.2) is 72.8 Å². The quantitative estimate of drug-likeness (QED) is 0.0395. The van der Waals surface area contributed by atoms with Gasteiger partial charge in [0.25, 0.3) is 0 Å². The molecule has 346 valence electrons. The first-order chi connectivity index (χ1) is 32.1. The summed E-state index contributed by atoms with van der Waals surface area (Å²) in [5, 5.41) is 62.1. The van der Waals surface area contributed by atoms with Crippen molar-refractivity contribution in [2.75, 3.05) is 22.1 Å². The molecule has 18 nitrogen and oxygen atoms in total. The van der Waals surface area contributed by atoms with Gasteiger partial charge in [-0.05, 0) is 59.1 Å². The number of cyclic esters (lactones) is 1. The van der Waals surface area contributed by atoms with E-state index in [9.17, 15) is 24.6 Å². The molecule has 7 aromatic rings. The number of nitrogens with two attached hydrogens (primary N) is 2. The molecule has 1 aliphatic heterocycles. The van der Waals surface area contributed by atoms with Crippen LogP contribution in [0.2, 0.25) is 0 Å². The van der Waals surface area contributed by atoms with Crippen molar-refractivity contribution in [3.63, 3.8) is 0 Å². The lowest BCUT2D eigenvalue weighted by Gasteiger charge is -2.14. The van der Waals surface area contributed by atoms with Crippen molar-refractivity contribution >= 4 is 83.7 Å². The molecule has 0 saturated carbocycles. The van der Waals surface area contributed by atoms with Gasteiger partial charge in [0.1, 0.15) is 26.6 Å². The van der Waals surface area contributed by atoms with Crippen LogP contribution in [0.3, 0.4) is 0 Å². The Labute approximate surface area is 397 Å². The number of hydrogen-bond acceptors (Lipinski definition) is 20. The largest absolute Gasteiger partial charge is 0.461 e. The molecule has 0 fully saturated rings. The zero-order chi connectivity index (χ0) is 46.5. The van der Waals surface area contributed by atoms with E-state index in [1.165, 1.54) is 45.3 Å². The number of rotatable bonds is 19. The van der Waals surface area contributed by atoms with Gasteiger partial charge >= 0.3 is 5.97 Å². The second kappa shape index (κ2) is 26.1. The first-order valence-electron chi connectivity index (χ1n) is 21.1. The standard InChI is InChI=1S/C26H28N6O4S2.C9H14N6S2.C9H8O2/c33-15-19-9-3-1-7-17(19)13-21(35)27-25-31-29-23(37-25)11-5-6-12-24-30-32-26(38-24)28-22(36)14-18-8-2-4-10-20(18)16-34;10-8-14-12-6(16-8)4-2-1-3-5-7-13-15-9(11)17-7;10-9-5-7-3-1-2-4-8(7)6-11-9/h1-4,7-10,33-34H,5-6,11-16H2,(H,27,31,35)(H,28,32,36);1-5H2,(H2,10,14)(H2,11,15);1-4H,5-6H2. The third-order valence-electron chi connectivity index (χ3n) is 9.83. The number of aliphatic hydroxyl groups excluding tert-OH is 2. The van der Waals surface area contributed by atoms with E-state index in [4.69, 9.17) is 16.2 Å². The fourth-order valence-corrected chi connectivity index (χ4v) is 9.40. The van der Waals surface area contributed by atoms with Crippen LogP contribution in [-0.4, -0.2) is 68.8 Å². The van der Waals surface area contributed by atoms with E-state index in [1.54, 1.807) is 12.1 Å². The Balaban J connectivity index is 0.000000208. The smallest absolute Gasteiger partial charge is 0.310 e. The van der Waals surface area contributed by atoms with Gasteiger partial charge in [0.15, 0.2) is 0 Å². The van der Waals surface area contributed by atoms with Crippen molar-refractivity contribution in [1.29, 1.82) is 0 Å². The predicted molar refractivity (Wildman–Crippen MR) is 256 cm³/mol. The van der Waals surface area contributed by atoms with E-state index < -0.39 is 0 Å². The zero-order valence-electron chi connectivity index (χ0n) is 35.9. The van der Waals surface area contributed by atoms with E-state index >= 15 is 0 Å². The highest BCUT2D eigenvalue weighted by molar-refractivity contribution is 7.16. The van der Waals surface area contributed by atoms with E-state index in [2.05, 4.69) is 51.4 Å². The molecule has 0 unspecified atom stereocenters. The number of nitrogen functional groups attached to an aromatic ring is 2. The average molecular weight is 971 g/mol. The van der Waals surface area contributed by atoms with Gasteiger partial charge < -0.3 is 37.1 Å². The molecule has 0 atom stereocenters. The third-order valence-corrected chi connectivity index (χ3v) is 13.2. The number of hydrogen-bond donors (Lipinski definition) is 6. The molecular weight excluding hydrogens is 921 g/mol. The van der Waals surface area contributed by atoms with Crippen LogP contribution in [0.4, 0.5) is 20.5 Å². The first-order valence-corrected chi connectivity index (χ1v) is 24.4. The number of nitrogens with zero attached hydrogens (tertiary/aromatic N) is 8. The SMILES string of the molecule is Nc1nnc(CCCCCc2nnc(N)s2)s1.O=C(Cc1ccccc1CO)Nc1nnc(CCCCc2nnc(NC(=O)Cc3ccccc3CO)s2)s1.O=C1Cc2ccccc2CO1. The molecule has 8 rings (SSSR count). The number of anilines is 4. The normalized spacial score (nSPS) is 11.6. The van der Waals surface area contributed by atoms with E-state index in [1.807, 2.05) is 60.7 Å². The van der Waals surface area contributed by atoms with Crippen molar-refractivity contribution in [2.45, 2.75) is 96.9 Å². The van der Waals surface area contributed by atoms with Crippen LogP contribution in [0.1, 0.15) is 85.5 Å². The summed E-state index contributed by atoms with van der Waals surface area (Å²) in [6.45, 7) is 0.217. The Bertz CT molecular complexity index is 2490. The molecule has 0 radical (unpaired) electrons. The summed E-state index contributed by atoms with van der Waals surface area (Å²) in [7, 11) is 0. The number of esters is 1. The summed E-state index contributed by atoms with van der Waals surface area (Å²) >= 11 is 5.63. The van der Waals surface area contributed by atoms with Crippen molar-refractivity contribution in [3.05, 3.63) is 126 Å². The van der Waals surface area contributed by atoms with Crippen molar-refractivity contribution < 1.29 is 29.3 Å². The number of aromatic nitrogens is 8. The lowest BCUT2D eigenvalue weighted by Crippen LogP contribution is -2.15. The van der Waals surface area contributed by atoms with Crippen LogP contribution in [0.25, 0.3) is 0 Å². The molecule has 0 saturated heterocycles. The molecule has 3 aromatic carbocycles. The first kappa shape index (κ1) is 49.3. The highest BCUT2D eigenvalue weighted by atomic mass is 32.1. The maximum Gasteiger partial charge on any atom is 0.310 e. The summed E-state index contributed by atoms with van der Waals surface area (Å²) in [6.07, 6.45) is 9.18. The number of nitrogens with one attached hydrogen (secondary N) is 2. The van der Waals surface area contributed by atoms with E-state index in [0.717, 1.165) is 111 Å². The predicted octanol–water partition coefficient (Wildman–Crippen LogP) is 6.10. The fraction of sp³-hybridized carbons (Fsp3) is 0.341. The summed E-state index contributed by atoms with van der Waals surface area (Å²) in [6, 6.07) is 22.4. The minimum Gasteiger partial charge on any atom is -0.461 e. The molecule has 0 aliphatic carbocycles. The number of carbonyl (C=O) groups excluding carboxylic acids is 3. The molecule has 22 heteroatoms. The lowest BCUT2D eigenvalue weighted by atomic mass is 10.0. The topological polar surface area (TPSA) is 280 Å². The van der Waals surface area contributed by atoms with Gasteiger partial charge in [-0.1, -0.05) is 125 Å². The number of aryl methyl sites for hydroxylation is 4. The van der Waals surface area contributed by atoms with Gasteiger partial charge in [0.2, 0.25) is 32.3 Å². The lowest BCUT2D eigenvalue weighted by molar-refractivity contribution is -0.145. The van der Waals surface area contributed by atoms with Crippen LogP contribution in [0.5, 0.6) is 0 Å². The summed E-state index contributed by atoms with van der Waals surface area (Å²) < 4.78 is 4.87. The van der Waals surface area contributed by atoms with Gasteiger partial charge in [-0.2, -0.15) is 0 Å². The zero-order valence-corrected chi connectivity index (χ0v) is 39.2. The summed E-state index contributed by atoms with van der Waals surface area (Å²) in [4.78, 5) is 35.5. The molecule has 5 heterocycles. The van der Waals surface area contributed by atoms with Crippen LogP contribution in [-0.2, 0) is 83.9 Å². The molecule has 8 N–H and O–H groups in total. The van der Waals surface area contributed by atoms with Crippen LogP contribution < -0.4 is 22.1 Å². The average Bonchev–Trinajstić information content (AvgIpc) is 4.15. The van der Waals surface area contributed by atoms with Crippen molar-refractivity contribution in [1.82, 2.24) is 40.8 Å². The van der Waals surface area contributed by atoms with Gasteiger partial charge in [0, 0.05) is 25.7 Å². The Morgan fingerprint density at radius 1 is 0.530 bits per heavy atom. The summed E-state index contributed by atoms with van der Waals surface area (Å²) in [5.74, 6) is -0.528. The molecule has 4 aromatic heterocycles. The van der Waals surface area contributed by atoms with Gasteiger partial charge in [-0.25, -0.2) is 0 Å². The second-order valence-electron chi connectivity index (χ2n) is 14.7. The summed E-state index contributed by atoms with van der Waals surface area (Å²) in [5.41, 5.74) is 16.3. The maximum atomic E-state index is 12.4. The second-order valence-corrected chi connectivity index (χ2v) is 19.1. The number of aliphatic hydroxyl groups is 2. The van der Waals surface area contributed by atoms with Crippen molar-refractivity contribution in [3.8, 4) is 0 Å². The van der Waals surface area contributed by atoms with Gasteiger partial charge in [-0.3, -0.25) is 14.4 Å². The molecular formula is C44H50N12O6S4. The number of fused-ring (bicyclic) bond motifs is 1. The van der Waals surface area contributed by atoms with Crippen LogP contribution in [0, 0.1) is 0 Å². The highest BCUT2D eigenvalue weighted by Gasteiger charge is 2.16. The molecule has 0 spiro atoms. The van der Waals surface area contributed by atoms with E-state index in [0.29, 0.717) is 33.6 Å². The Morgan fingerprint density at radius 3 is 1.36 bits per heavy atom. The Hall–Kier alpha value is -6.17. The molecule has 2 amide bonds. The van der Waals surface area contributed by atoms with Crippen LogP contribution >= 0.6 is 45.3 Å². The maximum absolute atomic E-state index is 12.4. The number of unbranched alkanes of at least 4 members (excludes halogenated alkanes) is 3. The molecule has 1 aliphatic rings. The number of amides is 2. The third kappa shape index (κ3) is 16.4. The number of carbonyl (C=O) groups is 3. The molecule has 0 bridgehead atoms. The minimum atomic E-state index is -0.203. The van der Waals surface area contributed by atoms with Crippen molar-refractivity contribution in [2.24, 2.45) is 0 Å². The number of ether oxygens (including phenoxy) is 1. The monoisotopic (exact) mass is 970 g/mol. The van der Waals surface area contributed by atoms with Gasteiger partial charge in [-0.15, -0.1) is 40.8 Å². The minimum absolute atomic E-state index is 0.111. The number of benzene rings is 3.